The van der Waals surface area contributed by atoms with E-state index >= 15 is 0 Å². The molecule has 72 heavy (non-hydrogen) atoms. The van der Waals surface area contributed by atoms with Gasteiger partial charge in [0, 0.05) is 12.8 Å². The molecule has 2 atom stereocenters. The summed E-state index contributed by atoms with van der Waals surface area (Å²) in [7, 11) is 0. The highest BCUT2D eigenvalue weighted by molar-refractivity contribution is 5.76. The Labute approximate surface area is 449 Å². The normalized spacial score (nSPS) is 12.8. The Morgan fingerprint density at radius 3 is 1.07 bits per heavy atom. The van der Waals surface area contributed by atoms with Crippen molar-refractivity contribution in [3.8, 4) is 0 Å². The number of aliphatic hydroxyl groups is 2. The number of rotatable bonds is 60. The second-order valence-corrected chi connectivity index (χ2v) is 22.1. The number of ether oxygens (including phenoxy) is 1. The number of esters is 1. The van der Waals surface area contributed by atoms with Gasteiger partial charge in [-0.15, -0.1) is 0 Å². The maximum atomic E-state index is 12.5. The summed E-state index contributed by atoms with van der Waals surface area (Å²) in [6, 6.07) is -0.546. The largest absolute Gasteiger partial charge is 0.466 e. The molecular weight excluding hydrogens is 887 g/mol. The second kappa shape index (κ2) is 61.6. The van der Waals surface area contributed by atoms with Crippen molar-refractivity contribution >= 4 is 11.9 Å². The zero-order chi connectivity index (χ0) is 52.2. The van der Waals surface area contributed by atoms with Crippen molar-refractivity contribution in [2.75, 3.05) is 13.2 Å². The van der Waals surface area contributed by atoms with E-state index in [4.69, 9.17) is 4.74 Å². The Bertz CT molecular complexity index is 1170. The van der Waals surface area contributed by atoms with Gasteiger partial charge in [-0.1, -0.05) is 288 Å². The van der Waals surface area contributed by atoms with Crippen molar-refractivity contribution in [3.63, 3.8) is 0 Å². The molecule has 0 bridgehead atoms. The highest BCUT2D eigenvalue weighted by atomic mass is 16.5. The Morgan fingerprint density at radius 2 is 0.694 bits per heavy atom. The van der Waals surface area contributed by atoms with E-state index in [0.717, 1.165) is 51.4 Å². The second-order valence-electron chi connectivity index (χ2n) is 22.1. The lowest BCUT2D eigenvalue weighted by Gasteiger charge is -2.22. The fourth-order valence-electron chi connectivity index (χ4n) is 9.96. The molecule has 0 saturated carbocycles. The monoisotopic (exact) mass is 1010 g/mol. The number of nitrogens with one attached hydrogen (secondary N) is 1. The summed E-state index contributed by atoms with van der Waals surface area (Å²) in [5.41, 5.74) is 0. The van der Waals surface area contributed by atoms with Gasteiger partial charge < -0.3 is 20.3 Å². The van der Waals surface area contributed by atoms with Crippen LogP contribution in [-0.2, 0) is 14.3 Å². The highest BCUT2D eigenvalue weighted by Crippen LogP contribution is 2.17. The molecule has 0 saturated heterocycles. The molecule has 0 fully saturated rings. The van der Waals surface area contributed by atoms with Gasteiger partial charge in [0.15, 0.2) is 0 Å². The van der Waals surface area contributed by atoms with Crippen LogP contribution in [0.4, 0.5) is 0 Å². The predicted octanol–water partition coefficient (Wildman–Crippen LogP) is 20.4. The Kier molecular flexibility index (Phi) is 60.0. The summed E-state index contributed by atoms with van der Waals surface area (Å²) in [5.74, 6) is -0.0384. The molecule has 0 spiro atoms. The van der Waals surface area contributed by atoms with Gasteiger partial charge in [-0.25, -0.2) is 0 Å². The topological polar surface area (TPSA) is 95.9 Å². The highest BCUT2D eigenvalue weighted by Gasteiger charge is 2.20. The number of carbonyl (C=O) groups is 2. The molecular formula is C66H125NO5. The quantitative estimate of drug-likeness (QED) is 0.0320. The van der Waals surface area contributed by atoms with Crippen LogP contribution in [0.1, 0.15) is 348 Å². The average Bonchev–Trinajstić information content (AvgIpc) is 3.38. The third-order valence-electron chi connectivity index (χ3n) is 14.9. The maximum Gasteiger partial charge on any atom is 0.305 e. The van der Waals surface area contributed by atoms with E-state index in [0.29, 0.717) is 25.9 Å². The number of amides is 1. The first kappa shape index (κ1) is 70.1. The smallest absolute Gasteiger partial charge is 0.305 e. The molecule has 0 aliphatic carbocycles. The van der Waals surface area contributed by atoms with Gasteiger partial charge in [-0.2, -0.15) is 0 Å². The number of unbranched alkanes of at least 4 members (excludes halogenated alkanes) is 43. The van der Waals surface area contributed by atoms with Gasteiger partial charge in [0.25, 0.3) is 0 Å². The minimum Gasteiger partial charge on any atom is -0.466 e. The van der Waals surface area contributed by atoms with Crippen molar-refractivity contribution in [2.45, 2.75) is 360 Å². The van der Waals surface area contributed by atoms with Gasteiger partial charge in [0.2, 0.25) is 5.91 Å². The van der Waals surface area contributed by atoms with Crippen LogP contribution in [0.25, 0.3) is 0 Å². The molecule has 424 valence electrons. The molecule has 0 heterocycles. The van der Waals surface area contributed by atoms with Crippen LogP contribution in [0.15, 0.2) is 36.5 Å². The number of allylic oxidation sites excluding steroid dienone is 6. The van der Waals surface area contributed by atoms with Crippen LogP contribution in [0.5, 0.6) is 0 Å². The molecule has 0 aliphatic heterocycles. The van der Waals surface area contributed by atoms with Gasteiger partial charge in [-0.3, -0.25) is 9.59 Å². The summed E-state index contributed by atoms with van der Waals surface area (Å²) in [4.78, 5) is 24.5. The molecule has 6 nitrogen and oxygen atoms in total. The minimum atomic E-state index is -0.668. The molecule has 0 aliphatic rings. The average molecular weight is 1010 g/mol. The van der Waals surface area contributed by atoms with Crippen LogP contribution >= 0.6 is 0 Å². The van der Waals surface area contributed by atoms with E-state index < -0.39 is 12.1 Å². The number of carbonyl (C=O) groups excluding carboxylic acids is 2. The van der Waals surface area contributed by atoms with Crippen LogP contribution < -0.4 is 5.32 Å². The molecule has 0 rings (SSSR count). The van der Waals surface area contributed by atoms with Crippen molar-refractivity contribution in [3.05, 3.63) is 36.5 Å². The number of hydrogen-bond donors (Lipinski definition) is 3. The SMILES string of the molecule is CCCCCCCC/C=C\CCCCCCCC(=O)OCCCCCCCCCCC/C=C\C/C=C\CCCCCCCCCCCC(=O)NC(CO)C(O)CCCCCCCCCCCCCCCCC. The summed E-state index contributed by atoms with van der Waals surface area (Å²) in [6.45, 7) is 4.95. The summed E-state index contributed by atoms with van der Waals surface area (Å²) in [5, 5.41) is 23.3. The lowest BCUT2D eigenvalue weighted by atomic mass is 10.0. The molecule has 2 unspecified atom stereocenters. The zero-order valence-corrected chi connectivity index (χ0v) is 48.4. The molecule has 6 heteroatoms. The van der Waals surface area contributed by atoms with Crippen LogP contribution in [-0.4, -0.2) is 47.4 Å². The van der Waals surface area contributed by atoms with E-state index in [9.17, 15) is 19.8 Å². The fourth-order valence-corrected chi connectivity index (χ4v) is 9.96. The lowest BCUT2D eigenvalue weighted by molar-refractivity contribution is -0.143. The Balaban J connectivity index is 3.43. The maximum absolute atomic E-state index is 12.5. The molecule has 3 N–H and O–H groups in total. The van der Waals surface area contributed by atoms with E-state index in [1.165, 1.54) is 263 Å². The first-order valence-electron chi connectivity index (χ1n) is 32.2. The van der Waals surface area contributed by atoms with E-state index in [2.05, 4.69) is 55.6 Å². The zero-order valence-electron chi connectivity index (χ0n) is 48.4. The van der Waals surface area contributed by atoms with Crippen molar-refractivity contribution in [2.24, 2.45) is 0 Å². The first-order valence-corrected chi connectivity index (χ1v) is 32.2. The fraction of sp³-hybridized carbons (Fsp3) is 0.879. The van der Waals surface area contributed by atoms with Crippen molar-refractivity contribution in [1.29, 1.82) is 0 Å². The molecule has 0 aromatic heterocycles. The Hall–Kier alpha value is -1.92. The van der Waals surface area contributed by atoms with E-state index in [1.807, 2.05) is 0 Å². The Morgan fingerprint density at radius 1 is 0.389 bits per heavy atom. The number of hydrogen-bond acceptors (Lipinski definition) is 5. The molecule has 0 aromatic rings. The van der Waals surface area contributed by atoms with E-state index in [-0.39, 0.29) is 18.5 Å². The standard InChI is InChI=1S/C66H125NO5/c1-3-5-7-9-11-13-15-17-30-34-38-42-46-50-54-58-64(69)63(62-68)67-65(70)59-55-51-47-43-39-35-32-28-26-24-22-20-19-21-23-25-27-29-33-37-41-45-49-53-57-61-72-66(71)60-56-52-48-44-40-36-31-18-16-14-12-10-8-6-4-2/h18,20-23,31,63-64,68-69H,3-17,19,24-30,32-62H2,1-2H3,(H,67,70)/b22-20-,23-21-,31-18-. The van der Waals surface area contributed by atoms with Crippen LogP contribution in [0, 0.1) is 0 Å². The van der Waals surface area contributed by atoms with E-state index in [1.54, 1.807) is 0 Å². The van der Waals surface area contributed by atoms with Crippen molar-refractivity contribution in [1.82, 2.24) is 5.32 Å². The number of aliphatic hydroxyl groups excluding tert-OH is 2. The summed E-state index contributed by atoms with van der Waals surface area (Å²) in [6.07, 6.45) is 77.3. The minimum absolute atomic E-state index is 0.00124. The predicted molar refractivity (Wildman–Crippen MR) is 315 cm³/mol. The van der Waals surface area contributed by atoms with Crippen LogP contribution in [0.2, 0.25) is 0 Å². The first-order chi connectivity index (χ1) is 35.5. The van der Waals surface area contributed by atoms with Gasteiger partial charge in [0.1, 0.15) is 0 Å². The van der Waals surface area contributed by atoms with Crippen LogP contribution in [0.3, 0.4) is 0 Å². The van der Waals surface area contributed by atoms with Gasteiger partial charge >= 0.3 is 5.97 Å². The third-order valence-corrected chi connectivity index (χ3v) is 14.9. The van der Waals surface area contributed by atoms with Crippen molar-refractivity contribution < 1.29 is 24.5 Å². The summed E-state index contributed by atoms with van der Waals surface area (Å²) >= 11 is 0. The molecule has 1 amide bonds. The molecule has 0 aromatic carbocycles. The van der Waals surface area contributed by atoms with Gasteiger partial charge in [-0.05, 0) is 83.5 Å². The summed E-state index contributed by atoms with van der Waals surface area (Å²) < 4.78 is 5.48. The third kappa shape index (κ3) is 57.4. The molecule has 0 radical (unpaired) electrons. The lowest BCUT2D eigenvalue weighted by Crippen LogP contribution is -2.45. The van der Waals surface area contributed by atoms with Gasteiger partial charge in [0.05, 0.1) is 25.4 Å².